The van der Waals surface area contributed by atoms with Crippen molar-refractivity contribution >= 4 is 11.9 Å². The van der Waals surface area contributed by atoms with Crippen LogP contribution in [-0.4, -0.2) is 36.4 Å². The summed E-state index contributed by atoms with van der Waals surface area (Å²) in [5.74, 6) is -0.607. The highest BCUT2D eigenvalue weighted by molar-refractivity contribution is 5.70. The molecule has 5 nitrogen and oxygen atoms in total. The summed E-state index contributed by atoms with van der Waals surface area (Å²) in [5, 5.41) is 9.42. The van der Waals surface area contributed by atoms with Crippen LogP contribution in [0.1, 0.15) is 142 Å². The van der Waals surface area contributed by atoms with Crippen molar-refractivity contribution in [2.24, 2.45) is 0 Å². The molecule has 0 unspecified atom stereocenters. The molecule has 0 aromatic heterocycles. The SMILES string of the molecule is CCCCC/C=C/CCCCCCCC(=O)O[C@@H](CO)COC(=O)CCCCCCCCCC. The first-order valence-corrected chi connectivity index (χ1v) is 14.2. The minimum atomic E-state index is -0.765. The van der Waals surface area contributed by atoms with Crippen LogP contribution in [0.3, 0.4) is 0 Å². The smallest absolute Gasteiger partial charge is 0.306 e. The van der Waals surface area contributed by atoms with Gasteiger partial charge in [-0.1, -0.05) is 103 Å². The zero-order valence-corrected chi connectivity index (χ0v) is 22.4. The second-order valence-electron chi connectivity index (χ2n) is 9.48. The number of ether oxygens (including phenoxy) is 2. The molecule has 0 saturated heterocycles. The second-order valence-corrected chi connectivity index (χ2v) is 9.48. The van der Waals surface area contributed by atoms with Crippen molar-refractivity contribution in [3.63, 3.8) is 0 Å². The van der Waals surface area contributed by atoms with Gasteiger partial charge in [0.05, 0.1) is 6.61 Å². The van der Waals surface area contributed by atoms with Crippen molar-refractivity contribution in [2.75, 3.05) is 13.2 Å². The maximum Gasteiger partial charge on any atom is 0.306 e. The van der Waals surface area contributed by atoms with E-state index in [1.807, 2.05) is 0 Å². The van der Waals surface area contributed by atoms with E-state index in [2.05, 4.69) is 26.0 Å². The molecular weight excluding hydrogens is 428 g/mol. The van der Waals surface area contributed by atoms with E-state index in [4.69, 9.17) is 9.47 Å². The fourth-order valence-corrected chi connectivity index (χ4v) is 3.84. The van der Waals surface area contributed by atoms with Crippen molar-refractivity contribution in [3.05, 3.63) is 12.2 Å². The number of carbonyl (C=O) groups excluding carboxylic acids is 2. The number of carbonyl (C=O) groups is 2. The van der Waals surface area contributed by atoms with Gasteiger partial charge < -0.3 is 14.6 Å². The van der Waals surface area contributed by atoms with Gasteiger partial charge in [0.1, 0.15) is 6.61 Å². The molecule has 0 amide bonds. The van der Waals surface area contributed by atoms with Crippen LogP contribution in [0.15, 0.2) is 12.2 Å². The molecule has 5 heteroatoms. The lowest BCUT2D eigenvalue weighted by atomic mass is 10.1. The van der Waals surface area contributed by atoms with Gasteiger partial charge in [-0.05, 0) is 38.5 Å². The predicted molar refractivity (Wildman–Crippen MR) is 141 cm³/mol. The molecule has 0 rings (SSSR count). The highest BCUT2D eigenvalue weighted by Gasteiger charge is 2.16. The summed E-state index contributed by atoms with van der Waals surface area (Å²) >= 11 is 0. The van der Waals surface area contributed by atoms with Gasteiger partial charge in [0.2, 0.25) is 0 Å². The normalized spacial score (nSPS) is 12.2. The number of rotatable bonds is 25. The molecule has 0 radical (unpaired) electrons. The molecule has 1 N–H and O–H groups in total. The minimum Gasteiger partial charge on any atom is -0.462 e. The lowest BCUT2D eigenvalue weighted by Crippen LogP contribution is -2.28. The maximum absolute atomic E-state index is 12.0. The molecule has 0 aliphatic heterocycles. The highest BCUT2D eigenvalue weighted by Crippen LogP contribution is 2.11. The number of unbranched alkanes of at least 4 members (excludes halogenated alkanes) is 15. The van der Waals surface area contributed by atoms with E-state index < -0.39 is 6.10 Å². The Bertz CT molecular complexity index is 489. The Morgan fingerprint density at radius 3 is 1.65 bits per heavy atom. The third-order valence-electron chi connectivity index (χ3n) is 6.06. The summed E-state index contributed by atoms with van der Waals surface area (Å²) < 4.78 is 10.5. The highest BCUT2D eigenvalue weighted by atomic mass is 16.6. The number of allylic oxidation sites excluding steroid dienone is 2. The van der Waals surface area contributed by atoms with Crippen LogP contribution in [0.2, 0.25) is 0 Å². The number of aliphatic hydroxyl groups excluding tert-OH is 1. The van der Waals surface area contributed by atoms with Crippen molar-refractivity contribution in [1.29, 1.82) is 0 Å². The topological polar surface area (TPSA) is 72.8 Å². The molecule has 0 fully saturated rings. The number of hydrogen-bond acceptors (Lipinski definition) is 5. The molecule has 200 valence electrons. The van der Waals surface area contributed by atoms with Crippen molar-refractivity contribution < 1.29 is 24.2 Å². The fraction of sp³-hybridized carbons (Fsp3) is 0.862. The molecule has 0 aliphatic carbocycles. The van der Waals surface area contributed by atoms with Gasteiger partial charge in [0, 0.05) is 12.8 Å². The Morgan fingerprint density at radius 2 is 1.09 bits per heavy atom. The molecule has 0 heterocycles. The summed E-state index contributed by atoms with van der Waals surface area (Å²) in [5.41, 5.74) is 0. The third kappa shape index (κ3) is 23.8. The van der Waals surface area contributed by atoms with Crippen LogP contribution in [-0.2, 0) is 19.1 Å². The molecule has 34 heavy (non-hydrogen) atoms. The van der Waals surface area contributed by atoms with Crippen molar-refractivity contribution in [3.8, 4) is 0 Å². The number of esters is 2. The van der Waals surface area contributed by atoms with Crippen LogP contribution >= 0.6 is 0 Å². The van der Waals surface area contributed by atoms with E-state index in [0.717, 1.165) is 44.9 Å². The quantitative estimate of drug-likeness (QED) is 0.0815. The van der Waals surface area contributed by atoms with Gasteiger partial charge >= 0.3 is 11.9 Å². The zero-order chi connectivity index (χ0) is 25.1. The Hall–Kier alpha value is -1.36. The van der Waals surface area contributed by atoms with Crippen LogP contribution in [0, 0.1) is 0 Å². The molecule has 0 spiro atoms. The minimum absolute atomic E-state index is 0.0654. The van der Waals surface area contributed by atoms with Crippen molar-refractivity contribution in [2.45, 2.75) is 148 Å². The Kier molecular flexibility index (Phi) is 25.2. The van der Waals surface area contributed by atoms with Crippen molar-refractivity contribution in [1.82, 2.24) is 0 Å². The van der Waals surface area contributed by atoms with Crippen LogP contribution in [0.4, 0.5) is 0 Å². The van der Waals surface area contributed by atoms with Gasteiger partial charge in [-0.2, -0.15) is 0 Å². The third-order valence-corrected chi connectivity index (χ3v) is 6.06. The van der Waals surface area contributed by atoms with Gasteiger partial charge in [-0.15, -0.1) is 0 Å². The van der Waals surface area contributed by atoms with E-state index in [0.29, 0.717) is 12.8 Å². The van der Waals surface area contributed by atoms with Crippen LogP contribution in [0.25, 0.3) is 0 Å². The first kappa shape index (κ1) is 32.6. The average Bonchev–Trinajstić information content (AvgIpc) is 2.84. The van der Waals surface area contributed by atoms with E-state index in [9.17, 15) is 14.7 Å². The zero-order valence-electron chi connectivity index (χ0n) is 22.4. The first-order valence-electron chi connectivity index (χ1n) is 14.2. The van der Waals surface area contributed by atoms with Gasteiger partial charge in [-0.25, -0.2) is 0 Å². The lowest BCUT2D eigenvalue weighted by Gasteiger charge is -2.15. The monoisotopic (exact) mass is 482 g/mol. The molecule has 0 aromatic carbocycles. The average molecular weight is 483 g/mol. The molecule has 0 aliphatic rings. The lowest BCUT2D eigenvalue weighted by molar-refractivity contribution is -0.161. The van der Waals surface area contributed by atoms with Crippen LogP contribution in [0.5, 0.6) is 0 Å². The molecule has 1 atom stereocenters. The summed E-state index contributed by atoms with van der Waals surface area (Å²) in [7, 11) is 0. The van der Waals surface area contributed by atoms with Gasteiger partial charge in [-0.3, -0.25) is 9.59 Å². The summed E-state index contributed by atoms with van der Waals surface area (Å²) in [6.45, 7) is 4.05. The first-order chi connectivity index (χ1) is 16.6. The largest absolute Gasteiger partial charge is 0.462 e. The summed E-state index contributed by atoms with van der Waals surface area (Å²) in [6.07, 6.45) is 25.5. The predicted octanol–water partition coefficient (Wildman–Crippen LogP) is 7.83. The van der Waals surface area contributed by atoms with E-state index in [-0.39, 0.29) is 25.2 Å². The van der Waals surface area contributed by atoms with E-state index in [1.54, 1.807) is 0 Å². The Morgan fingerprint density at radius 1 is 0.647 bits per heavy atom. The van der Waals surface area contributed by atoms with Gasteiger partial charge in [0.15, 0.2) is 6.10 Å². The number of aliphatic hydroxyl groups is 1. The summed E-state index contributed by atoms with van der Waals surface area (Å²) in [4.78, 5) is 23.9. The molecule has 0 aromatic rings. The maximum atomic E-state index is 12.0. The number of hydrogen-bond donors (Lipinski definition) is 1. The standard InChI is InChI=1S/C29H54O5/c1-3-5-7-9-11-13-14-15-16-18-20-22-24-29(32)34-27(25-30)26-33-28(31)23-21-19-17-12-10-8-6-4-2/h11,13,27,30H,3-10,12,14-26H2,1-2H3/b13-11+/t27-/m0/s1. The van der Waals surface area contributed by atoms with Crippen LogP contribution < -0.4 is 0 Å². The Balaban J connectivity index is 3.63. The van der Waals surface area contributed by atoms with E-state index >= 15 is 0 Å². The summed E-state index contributed by atoms with van der Waals surface area (Å²) in [6, 6.07) is 0. The second kappa shape index (κ2) is 26.2. The Labute approximate surface area is 210 Å². The van der Waals surface area contributed by atoms with E-state index in [1.165, 1.54) is 70.6 Å². The molecular formula is C29H54O5. The van der Waals surface area contributed by atoms with Gasteiger partial charge in [0.25, 0.3) is 0 Å². The molecule has 0 saturated carbocycles. The molecule has 0 bridgehead atoms. The fourth-order valence-electron chi connectivity index (χ4n) is 3.84.